The lowest BCUT2D eigenvalue weighted by Crippen LogP contribution is -1.86. The number of aliphatic hydroxyl groups is 1. The number of imidazole rings is 1. The van der Waals surface area contributed by atoms with Crippen LogP contribution in [0.4, 0.5) is 0 Å². The molecule has 21 heavy (non-hydrogen) atoms. The van der Waals surface area contributed by atoms with Crippen molar-refractivity contribution in [2.24, 2.45) is 0 Å². The van der Waals surface area contributed by atoms with Gasteiger partial charge in [0.25, 0.3) is 0 Å². The average molecular weight is 314 g/mol. The van der Waals surface area contributed by atoms with Crippen molar-refractivity contribution in [3.8, 4) is 22.0 Å². The molecule has 4 rings (SSSR count). The number of nitrogens with zero attached hydrogens (tertiary/aromatic N) is 4. The zero-order valence-corrected chi connectivity index (χ0v) is 12.4. The van der Waals surface area contributed by atoms with E-state index in [1.165, 1.54) is 11.3 Å². The molecule has 0 saturated heterocycles. The maximum absolute atomic E-state index is 9.11. The fraction of sp³-hybridized carbons (Fsp3) is 0.0714. The first-order valence-electron chi connectivity index (χ1n) is 6.28. The van der Waals surface area contributed by atoms with Crippen molar-refractivity contribution < 1.29 is 5.11 Å². The fourth-order valence-electron chi connectivity index (χ4n) is 2.11. The Morgan fingerprint density at radius 1 is 1.10 bits per heavy atom. The zero-order chi connectivity index (χ0) is 14.2. The van der Waals surface area contributed by atoms with E-state index in [-0.39, 0.29) is 6.61 Å². The minimum atomic E-state index is -0.0216. The van der Waals surface area contributed by atoms with Crippen LogP contribution in [-0.4, -0.2) is 24.5 Å². The van der Waals surface area contributed by atoms with Crippen LogP contribution < -0.4 is 0 Å². The molecular weight excluding hydrogens is 304 g/mol. The summed E-state index contributed by atoms with van der Waals surface area (Å²) in [6, 6.07) is 3.95. The minimum absolute atomic E-state index is 0.0216. The maximum atomic E-state index is 9.11. The lowest BCUT2D eigenvalue weighted by molar-refractivity contribution is 0.281. The van der Waals surface area contributed by atoms with Gasteiger partial charge >= 0.3 is 0 Å². The number of thiazole rings is 2. The van der Waals surface area contributed by atoms with Crippen LogP contribution >= 0.6 is 22.7 Å². The molecule has 0 bridgehead atoms. The highest BCUT2D eigenvalue weighted by Crippen LogP contribution is 2.25. The molecule has 0 aliphatic carbocycles. The van der Waals surface area contributed by atoms with Gasteiger partial charge in [-0.3, -0.25) is 0 Å². The standard InChI is InChI=1S/C14H10N4OS2/c19-7-13-17-11(8-21-13)9-1-2-12-16-10(6-18(12)5-9)14-15-3-4-20-14/h1-6,8,19H,7H2. The lowest BCUT2D eigenvalue weighted by atomic mass is 10.2. The second kappa shape index (κ2) is 5.03. The van der Waals surface area contributed by atoms with Gasteiger partial charge in [-0.15, -0.1) is 22.7 Å². The fourth-order valence-corrected chi connectivity index (χ4v) is 3.37. The van der Waals surface area contributed by atoms with E-state index in [9.17, 15) is 0 Å². The van der Waals surface area contributed by atoms with Crippen LogP contribution in [0, 0.1) is 0 Å². The maximum Gasteiger partial charge on any atom is 0.143 e. The number of pyridine rings is 1. The summed E-state index contributed by atoms with van der Waals surface area (Å²) in [5.74, 6) is 0. The Bertz CT molecular complexity index is 895. The molecule has 104 valence electrons. The van der Waals surface area contributed by atoms with Crippen molar-refractivity contribution >= 4 is 28.3 Å². The van der Waals surface area contributed by atoms with Crippen molar-refractivity contribution in [3.63, 3.8) is 0 Å². The first-order chi connectivity index (χ1) is 10.3. The molecule has 0 aromatic carbocycles. The third kappa shape index (κ3) is 2.25. The van der Waals surface area contributed by atoms with E-state index in [0.29, 0.717) is 0 Å². The number of rotatable bonds is 3. The number of aliphatic hydroxyl groups excluding tert-OH is 1. The van der Waals surface area contributed by atoms with Crippen LogP contribution in [0.3, 0.4) is 0 Å². The molecule has 5 nitrogen and oxygen atoms in total. The SMILES string of the molecule is OCc1nc(-c2ccc3nc(-c4nccs4)cn3c2)cs1. The van der Waals surface area contributed by atoms with E-state index in [4.69, 9.17) is 5.11 Å². The van der Waals surface area contributed by atoms with Crippen molar-refractivity contribution in [1.29, 1.82) is 0 Å². The van der Waals surface area contributed by atoms with E-state index < -0.39 is 0 Å². The summed E-state index contributed by atoms with van der Waals surface area (Å²) >= 11 is 3.03. The molecule has 0 aliphatic rings. The van der Waals surface area contributed by atoms with Crippen molar-refractivity contribution in [2.45, 2.75) is 6.61 Å². The number of hydrogen-bond acceptors (Lipinski definition) is 6. The van der Waals surface area contributed by atoms with Gasteiger partial charge in [0.2, 0.25) is 0 Å². The molecule has 7 heteroatoms. The number of aromatic nitrogens is 4. The van der Waals surface area contributed by atoms with E-state index in [0.717, 1.165) is 32.6 Å². The van der Waals surface area contributed by atoms with Gasteiger partial charge in [-0.1, -0.05) is 0 Å². The number of fused-ring (bicyclic) bond motifs is 1. The molecule has 0 fully saturated rings. The molecule has 0 unspecified atom stereocenters. The van der Waals surface area contributed by atoms with Crippen LogP contribution in [0.1, 0.15) is 5.01 Å². The summed E-state index contributed by atoms with van der Waals surface area (Å²) in [6.45, 7) is -0.0216. The summed E-state index contributed by atoms with van der Waals surface area (Å²) in [6.07, 6.45) is 5.74. The van der Waals surface area contributed by atoms with E-state index in [1.807, 2.05) is 39.7 Å². The quantitative estimate of drug-likeness (QED) is 0.631. The first-order valence-corrected chi connectivity index (χ1v) is 8.04. The average Bonchev–Trinajstić information content (AvgIpc) is 3.24. The molecule has 1 N–H and O–H groups in total. The van der Waals surface area contributed by atoms with Gasteiger partial charge in [0.05, 0.1) is 12.3 Å². The third-order valence-electron chi connectivity index (χ3n) is 3.09. The highest BCUT2D eigenvalue weighted by molar-refractivity contribution is 7.13. The molecule has 4 aromatic rings. The van der Waals surface area contributed by atoms with Crippen molar-refractivity contribution in [2.75, 3.05) is 0 Å². The second-order valence-electron chi connectivity index (χ2n) is 4.43. The lowest BCUT2D eigenvalue weighted by Gasteiger charge is -1.98. The van der Waals surface area contributed by atoms with Gasteiger partial charge in [-0.05, 0) is 12.1 Å². The topological polar surface area (TPSA) is 63.3 Å². The van der Waals surface area contributed by atoms with E-state index >= 15 is 0 Å². The Morgan fingerprint density at radius 3 is 2.81 bits per heavy atom. The molecule has 0 spiro atoms. The summed E-state index contributed by atoms with van der Waals surface area (Å²) in [4.78, 5) is 13.2. The van der Waals surface area contributed by atoms with Gasteiger partial charge in [0, 0.05) is 34.9 Å². The monoisotopic (exact) mass is 314 g/mol. The second-order valence-corrected chi connectivity index (χ2v) is 6.27. The number of hydrogen-bond donors (Lipinski definition) is 1. The van der Waals surface area contributed by atoms with Gasteiger partial charge in [0.15, 0.2) is 0 Å². The predicted molar refractivity (Wildman–Crippen MR) is 83.3 cm³/mol. The van der Waals surface area contributed by atoms with Crippen LogP contribution in [0.15, 0.2) is 41.5 Å². The summed E-state index contributed by atoms with van der Waals surface area (Å²) in [7, 11) is 0. The normalized spacial score (nSPS) is 11.3. The van der Waals surface area contributed by atoms with Gasteiger partial charge in [-0.2, -0.15) is 0 Å². The summed E-state index contributed by atoms with van der Waals surface area (Å²) in [5, 5.41) is 14.6. The highest BCUT2D eigenvalue weighted by Gasteiger charge is 2.09. The summed E-state index contributed by atoms with van der Waals surface area (Å²) < 4.78 is 1.98. The Balaban J connectivity index is 1.79. The van der Waals surface area contributed by atoms with Gasteiger partial charge in [0.1, 0.15) is 21.4 Å². The highest BCUT2D eigenvalue weighted by atomic mass is 32.1. The molecule has 0 aliphatic heterocycles. The van der Waals surface area contributed by atoms with Gasteiger partial charge in [-0.25, -0.2) is 15.0 Å². The molecule has 0 atom stereocenters. The molecule has 0 saturated carbocycles. The zero-order valence-electron chi connectivity index (χ0n) is 10.8. The predicted octanol–water partition coefficient (Wildman–Crippen LogP) is 3.07. The van der Waals surface area contributed by atoms with E-state index in [1.54, 1.807) is 17.5 Å². The molecule has 0 radical (unpaired) electrons. The van der Waals surface area contributed by atoms with Crippen LogP contribution in [0.25, 0.3) is 27.6 Å². The molecule has 0 amide bonds. The third-order valence-corrected chi connectivity index (χ3v) is 4.71. The first kappa shape index (κ1) is 12.6. The smallest absolute Gasteiger partial charge is 0.143 e. The van der Waals surface area contributed by atoms with Crippen molar-refractivity contribution in [1.82, 2.24) is 19.4 Å². The Hall–Kier alpha value is -2.09. The molecule has 4 heterocycles. The van der Waals surface area contributed by atoms with Gasteiger partial charge < -0.3 is 9.51 Å². The van der Waals surface area contributed by atoms with Crippen LogP contribution in [-0.2, 0) is 6.61 Å². The van der Waals surface area contributed by atoms with E-state index in [2.05, 4.69) is 15.0 Å². The largest absolute Gasteiger partial charge is 0.389 e. The van der Waals surface area contributed by atoms with Crippen LogP contribution in [0.2, 0.25) is 0 Å². The molecular formula is C14H10N4OS2. The Kier molecular flexibility index (Phi) is 3.03. The Labute approximate surface area is 128 Å². The molecule has 4 aromatic heterocycles. The minimum Gasteiger partial charge on any atom is -0.389 e. The Morgan fingerprint density at radius 2 is 2.05 bits per heavy atom. The van der Waals surface area contributed by atoms with Crippen molar-refractivity contribution in [3.05, 3.63) is 46.5 Å². The summed E-state index contributed by atoms with van der Waals surface area (Å²) in [5.41, 5.74) is 3.62. The van der Waals surface area contributed by atoms with Crippen LogP contribution in [0.5, 0.6) is 0 Å².